The number of aromatic hydroxyl groups is 1. The van der Waals surface area contributed by atoms with Crippen molar-refractivity contribution < 1.29 is 19.4 Å². The van der Waals surface area contributed by atoms with E-state index in [4.69, 9.17) is 4.74 Å². The van der Waals surface area contributed by atoms with Crippen LogP contribution in [0.15, 0.2) is 59.2 Å². The Balaban J connectivity index is 1.38. The molecule has 0 radical (unpaired) electrons. The van der Waals surface area contributed by atoms with Crippen LogP contribution < -0.4 is 4.90 Å². The fourth-order valence-electron chi connectivity index (χ4n) is 6.82. The van der Waals surface area contributed by atoms with E-state index in [1.165, 1.54) is 21.6 Å². The fourth-order valence-corrected chi connectivity index (χ4v) is 6.82. The first-order valence-electron chi connectivity index (χ1n) is 14.1. The van der Waals surface area contributed by atoms with E-state index < -0.39 is 0 Å². The van der Waals surface area contributed by atoms with Gasteiger partial charge in [-0.2, -0.15) is 0 Å². The SMILES string of the molecule is CCCC1=C2[C@@H](CC/C(=C/c3cc(C)c(O)c(C)c3)CC)OC[C@@H]2[C@@H]2C(=O)N(c3ccccc3)C(=O)[C@@H]2C1. The van der Waals surface area contributed by atoms with Crippen LogP contribution in [0.1, 0.15) is 69.1 Å². The quantitative estimate of drug-likeness (QED) is 0.308. The highest BCUT2D eigenvalue weighted by Crippen LogP contribution is 2.51. The summed E-state index contributed by atoms with van der Waals surface area (Å²) in [4.78, 5) is 28.6. The number of ether oxygens (including phenoxy) is 1. The minimum Gasteiger partial charge on any atom is -0.507 e. The largest absolute Gasteiger partial charge is 0.507 e. The van der Waals surface area contributed by atoms with Crippen molar-refractivity contribution in [2.24, 2.45) is 17.8 Å². The van der Waals surface area contributed by atoms with E-state index in [9.17, 15) is 14.7 Å². The van der Waals surface area contributed by atoms with Gasteiger partial charge in [0.2, 0.25) is 11.8 Å². The number of allylic oxidation sites excluding steroid dienone is 2. The van der Waals surface area contributed by atoms with Gasteiger partial charge in [0.1, 0.15) is 5.75 Å². The molecule has 2 aliphatic heterocycles. The number of carbonyl (C=O) groups is 2. The van der Waals surface area contributed by atoms with Crippen LogP contribution in [0.4, 0.5) is 5.69 Å². The molecule has 2 aromatic carbocycles. The highest BCUT2D eigenvalue weighted by atomic mass is 16.5. The van der Waals surface area contributed by atoms with E-state index in [2.05, 4.69) is 19.9 Å². The van der Waals surface area contributed by atoms with E-state index in [1.54, 1.807) is 0 Å². The molecule has 4 atom stereocenters. The number of imide groups is 1. The molecule has 0 saturated carbocycles. The van der Waals surface area contributed by atoms with Gasteiger partial charge in [0, 0.05) is 5.92 Å². The Hall–Kier alpha value is -3.18. The van der Waals surface area contributed by atoms with Crippen LogP contribution in [0.25, 0.3) is 6.08 Å². The summed E-state index contributed by atoms with van der Waals surface area (Å²) in [5.41, 5.74) is 7.54. The summed E-state index contributed by atoms with van der Waals surface area (Å²) >= 11 is 0. The van der Waals surface area contributed by atoms with Gasteiger partial charge in [-0.25, -0.2) is 0 Å². The monoisotopic (exact) mass is 513 g/mol. The van der Waals surface area contributed by atoms with Gasteiger partial charge in [-0.3, -0.25) is 14.5 Å². The van der Waals surface area contributed by atoms with Gasteiger partial charge in [0.05, 0.1) is 30.2 Å². The van der Waals surface area contributed by atoms with Crippen LogP contribution in [0, 0.1) is 31.6 Å². The summed E-state index contributed by atoms with van der Waals surface area (Å²) in [6.45, 7) is 8.74. The number of nitrogens with zero attached hydrogens (tertiary/aromatic N) is 1. The first-order valence-corrected chi connectivity index (χ1v) is 14.1. The lowest BCUT2D eigenvalue weighted by Gasteiger charge is -2.32. The Morgan fingerprint density at radius 3 is 2.42 bits per heavy atom. The van der Waals surface area contributed by atoms with Gasteiger partial charge in [0.25, 0.3) is 0 Å². The number of amides is 2. The van der Waals surface area contributed by atoms with Gasteiger partial charge in [-0.15, -0.1) is 0 Å². The number of para-hydroxylation sites is 1. The van der Waals surface area contributed by atoms with Crippen LogP contribution in [-0.4, -0.2) is 29.6 Å². The van der Waals surface area contributed by atoms with Gasteiger partial charge in [-0.1, -0.05) is 55.7 Å². The molecule has 5 heteroatoms. The average molecular weight is 514 g/mol. The number of fused-ring (bicyclic) bond motifs is 3. The van der Waals surface area contributed by atoms with E-state index in [0.29, 0.717) is 24.5 Å². The Kier molecular flexibility index (Phi) is 7.58. The van der Waals surface area contributed by atoms with Crippen LogP contribution in [0.2, 0.25) is 0 Å². The zero-order valence-electron chi connectivity index (χ0n) is 23.0. The molecule has 5 rings (SSSR count). The number of benzene rings is 2. The molecule has 2 fully saturated rings. The van der Waals surface area contributed by atoms with Crippen LogP contribution >= 0.6 is 0 Å². The Morgan fingerprint density at radius 1 is 1.05 bits per heavy atom. The van der Waals surface area contributed by atoms with Crippen molar-refractivity contribution in [1.29, 1.82) is 0 Å². The molecule has 0 bridgehead atoms. The van der Waals surface area contributed by atoms with E-state index in [0.717, 1.165) is 48.8 Å². The second kappa shape index (κ2) is 10.9. The summed E-state index contributed by atoms with van der Waals surface area (Å²) in [6.07, 6.45) is 7.59. The third kappa shape index (κ3) is 4.73. The molecule has 3 aliphatic rings. The summed E-state index contributed by atoms with van der Waals surface area (Å²) < 4.78 is 6.41. The molecule has 200 valence electrons. The maximum absolute atomic E-state index is 13.7. The lowest BCUT2D eigenvalue weighted by atomic mass is 9.68. The van der Waals surface area contributed by atoms with Crippen molar-refractivity contribution in [2.45, 2.75) is 72.3 Å². The van der Waals surface area contributed by atoms with Crippen LogP contribution in [0.3, 0.4) is 0 Å². The van der Waals surface area contributed by atoms with Gasteiger partial charge >= 0.3 is 0 Å². The predicted molar refractivity (Wildman–Crippen MR) is 151 cm³/mol. The molecule has 0 spiro atoms. The molecular weight excluding hydrogens is 474 g/mol. The Labute approximate surface area is 226 Å². The van der Waals surface area contributed by atoms with E-state index in [1.807, 2.05) is 56.3 Å². The maximum atomic E-state index is 13.7. The molecule has 1 aliphatic carbocycles. The van der Waals surface area contributed by atoms with Gasteiger partial charge < -0.3 is 9.84 Å². The first-order chi connectivity index (χ1) is 18.3. The minimum atomic E-state index is -0.326. The topological polar surface area (TPSA) is 66.8 Å². The molecule has 2 saturated heterocycles. The molecule has 1 N–H and O–H groups in total. The molecule has 0 unspecified atom stereocenters. The maximum Gasteiger partial charge on any atom is 0.238 e. The van der Waals surface area contributed by atoms with Gasteiger partial charge in [0.15, 0.2) is 0 Å². The molecule has 0 aromatic heterocycles. The summed E-state index contributed by atoms with van der Waals surface area (Å²) in [5.74, 6) is -0.386. The molecule has 2 heterocycles. The zero-order valence-corrected chi connectivity index (χ0v) is 23.0. The average Bonchev–Trinajstić information content (AvgIpc) is 3.44. The van der Waals surface area contributed by atoms with Crippen molar-refractivity contribution in [1.82, 2.24) is 0 Å². The second-order valence-corrected chi connectivity index (χ2v) is 11.1. The normalized spacial score (nSPS) is 25.3. The van der Waals surface area contributed by atoms with Crippen molar-refractivity contribution in [3.8, 4) is 5.75 Å². The highest BCUT2D eigenvalue weighted by molar-refractivity contribution is 6.22. The van der Waals surface area contributed by atoms with Crippen molar-refractivity contribution in [3.63, 3.8) is 0 Å². The molecule has 38 heavy (non-hydrogen) atoms. The van der Waals surface area contributed by atoms with Crippen LogP contribution in [-0.2, 0) is 14.3 Å². The number of hydrogen-bond donors (Lipinski definition) is 1. The highest BCUT2D eigenvalue weighted by Gasteiger charge is 2.57. The number of phenolic OH excluding ortho intramolecular Hbond substituents is 1. The standard InChI is InChI=1S/C33H39NO4/c1-5-10-24-18-26-30(33(37)34(32(26)36)25-11-8-7-9-12-25)27-19-38-28(29(24)27)14-13-22(6-2)17-23-15-20(3)31(35)21(4)16-23/h7-9,11-12,15-17,26-28,30,35H,5-6,10,13-14,18-19H2,1-4H3/b22-17+/t26-,27+,28-,30-/m1/s1. The molecular formula is C33H39NO4. The Morgan fingerprint density at radius 2 is 1.76 bits per heavy atom. The van der Waals surface area contributed by atoms with Crippen molar-refractivity contribution in [3.05, 3.63) is 75.9 Å². The van der Waals surface area contributed by atoms with Crippen molar-refractivity contribution in [2.75, 3.05) is 11.5 Å². The minimum absolute atomic E-state index is 0.00517. The Bertz CT molecular complexity index is 1270. The molecule has 5 nitrogen and oxygen atoms in total. The molecule has 2 aromatic rings. The van der Waals surface area contributed by atoms with E-state index in [-0.39, 0.29) is 35.7 Å². The predicted octanol–water partition coefficient (Wildman–Crippen LogP) is 6.90. The third-order valence-corrected chi connectivity index (χ3v) is 8.64. The smallest absolute Gasteiger partial charge is 0.238 e. The third-order valence-electron chi connectivity index (χ3n) is 8.64. The number of carbonyl (C=O) groups excluding carboxylic acids is 2. The molecule has 2 amide bonds. The summed E-state index contributed by atoms with van der Waals surface area (Å²) in [7, 11) is 0. The lowest BCUT2D eigenvalue weighted by molar-refractivity contribution is -0.122. The summed E-state index contributed by atoms with van der Waals surface area (Å²) in [5, 5.41) is 10.1. The zero-order chi connectivity index (χ0) is 27.0. The number of aryl methyl sites for hydroxylation is 2. The van der Waals surface area contributed by atoms with Gasteiger partial charge in [-0.05, 0) is 92.5 Å². The number of rotatable bonds is 8. The summed E-state index contributed by atoms with van der Waals surface area (Å²) in [6, 6.07) is 13.4. The number of anilines is 1. The van der Waals surface area contributed by atoms with Crippen LogP contribution in [0.5, 0.6) is 5.75 Å². The fraction of sp³-hybridized carbons (Fsp3) is 0.455. The number of phenols is 1. The van der Waals surface area contributed by atoms with E-state index >= 15 is 0 Å². The van der Waals surface area contributed by atoms with Crippen molar-refractivity contribution >= 4 is 23.6 Å². The second-order valence-electron chi connectivity index (χ2n) is 11.1. The lowest BCUT2D eigenvalue weighted by Crippen LogP contribution is -2.34. The first kappa shape index (κ1) is 26.4. The number of hydrogen-bond acceptors (Lipinski definition) is 4.